The van der Waals surface area contributed by atoms with Gasteiger partial charge in [-0.15, -0.1) is 0 Å². The van der Waals surface area contributed by atoms with Gasteiger partial charge in [-0.05, 0) is 79.6 Å². The van der Waals surface area contributed by atoms with Crippen molar-refractivity contribution in [1.82, 2.24) is 40.8 Å². The number of carbonyl (C=O) groups excluding carboxylic acids is 4. The molecule has 2 aliphatic rings. The SMILES string of the molecule is COC(=O)NC(C(=O)NCCCCCc1ncc(-c2ccc3c(c2)Oc2ccc(-c4cnc(C5CCCCN5C(=O)C(NC(=O)OC)c5ccccc5)[nH]4)cc2O3)[nH]1)c1ccccc1. The predicted octanol–water partition coefficient (Wildman–Crippen LogP) is 8.44. The monoisotopic (exact) mass is 866 g/mol. The summed E-state index contributed by atoms with van der Waals surface area (Å²) in [5, 5.41) is 8.25. The summed E-state index contributed by atoms with van der Waals surface area (Å²) in [4.78, 5) is 69.2. The van der Waals surface area contributed by atoms with Gasteiger partial charge in [0.05, 0.1) is 44.0 Å². The van der Waals surface area contributed by atoms with Crippen molar-refractivity contribution >= 4 is 24.0 Å². The number of aromatic amines is 2. The van der Waals surface area contributed by atoms with Crippen molar-refractivity contribution in [3.8, 4) is 45.5 Å². The molecular formula is C48H50N8O8. The molecule has 2 aromatic heterocycles. The number of amides is 4. The number of aromatic nitrogens is 4. The van der Waals surface area contributed by atoms with Crippen LogP contribution in [0.15, 0.2) is 109 Å². The third-order valence-electron chi connectivity index (χ3n) is 11.3. The Bertz CT molecular complexity index is 2580. The van der Waals surface area contributed by atoms with Crippen LogP contribution in [0.2, 0.25) is 0 Å². The second-order valence-corrected chi connectivity index (χ2v) is 15.6. The topological polar surface area (TPSA) is 202 Å². The Kier molecular flexibility index (Phi) is 13.5. The van der Waals surface area contributed by atoms with Crippen molar-refractivity contribution in [3.63, 3.8) is 0 Å². The first-order valence-corrected chi connectivity index (χ1v) is 21.4. The highest BCUT2D eigenvalue weighted by Crippen LogP contribution is 2.47. The van der Waals surface area contributed by atoms with Gasteiger partial charge >= 0.3 is 12.2 Å². The molecule has 16 heteroatoms. The number of ether oxygens (including phenoxy) is 4. The van der Waals surface area contributed by atoms with Crippen LogP contribution in [0.1, 0.15) is 79.4 Å². The number of aryl methyl sites for hydroxylation is 1. The zero-order valence-corrected chi connectivity index (χ0v) is 35.6. The van der Waals surface area contributed by atoms with Gasteiger partial charge in [0, 0.05) is 30.6 Å². The lowest BCUT2D eigenvalue weighted by Gasteiger charge is -2.37. The average molecular weight is 867 g/mol. The molecule has 8 rings (SSSR count). The minimum Gasteiger partial charge on any atom is -0.453 e. The summed E-state index contributed by atoms with van der Waals surface area (Å²) < 4.78 is 22.2. The zero-order valence-electron chi connectivity index (χ0n) is 35.6. The van der Waals surface area contributed by atoms with Crippen molar-refractivity contribution < 1.29 is 38.1 Å². The number of fused-ring (bicyclic) bond motifs is 2. The van der Waals surface area contributed by atoms with Gasteiger partial charge in [0.2, 0.25) is 5.91 Å². The molecule has 16 nitrogen and oxygen atoms in total. The van der Waals surface area contributed by atoms with Gasteiger partial charge < -0.3 is 49.8 Å². The molecule has 1 fully saturated rings. The number of nitrogens with zero attached hydrogens (tertiary/aromatic N) is 3. The van der Waals surface area contributed by atoms with E-state index in [4.69, 9.17) is 23.9 Å². The van der Waals surface area contributed by atoms with E-state index in [0.717, 1.165) is 73.3 Å². The minimum atomic E-state index is -0.908. The van der Waals surface area contributed by atoms with Gasteiger partial charge in [0.25, 0.3) is 5.91 Å². The van der Waals surface area contributed by atoms with Gasteiger partial charge in [0.15, 0.2) is 23.0 Å². The molecule has 0 bridgehead atoms. The fraction of sp³-hybridized carbons (Fsp3) is 0.292. The first kappa shape index (κ1) is 43.0. The fourth-order valence-electron chi connectivity index (χ4n) is 7.99. The van der Waals surface area contributed by atoms with Crippen LogP contribution in [-0.4, -0.2) is 76.1 Å². The maximum Gasteiger partial charge on any atom is 0.407 e. The van der Waals surface area contributed by atoms with Crippen LogP contribution in [0.3, 0.4) is 0 Å². The van der Waals surface area contributed by atoms with Crippen LogP contribution in [0, 0.1) is 0 Å². The van der Waals surface area contributed by atoms with Gasteiger partial charge in [-0.25, -0.2) is 19.6 Å². The van der Waals surface area contributed by atoms with Crippen LogP contribution in [0.25, 0.3) is 22.5 Å². The minimum absolute atomic E-state index is 0.229. The summed E-state index contributed by atoms with van der Waals surface area (Å²) in [5.74, 6) is 3.27. The zero-order chi connectivity index (χ0) is 44.4. The summed E-state index contributed by atoms with van der Waals surface area (Å²) in [5.41, 5.74) is 4.68. The van der Waals surface area contributed by atoms with Crippen LogP contribution in [0.5, 0.6) is 23.0 Å². The lowest BCUT2D eigenvalue weighted by atomic mass is 9.98. The van der Waals surface area contributed by atoms with Crippen LogP contribution in [0.4, 0.5) is 9.59 Å². The lowest BCUT2D eigenvalue weighted by Crippen LogP contribution is -2.46. The molecule has 6 aromatic rings. The van der Waals surface area contributed by atoms with Crippen molar-refractivity contribution in [2.75, 3.05) is 27.3 Å². The Hall–Kier alpha value is -7.62. The Balaban J connectivity index is 0.853. The van der Waals surface area contributed by atoms with Crippen LogP contribution < -0.4 is 25.4 Å². The molecule has 3 atom stereocenters. The number of methoxy groups -OCH3 is 2. The molecule has 3 unspecified atom stereocenters. The van der Waals surface area contributed by atoms with Gasteiger partial charge in [-0.1, -0.05) is 67.1 Å². The number of rotatable bonds is 15. The second kappa shape index (κ2) is 20.0. The van der Waals surface area contributed by atoms with Crippen molar-refractivity contribution in [1.29, 1.82) is 0 Å². The molecule has 0 radical (unpaired) electrons. The Labute approximate surface area is 370 Å². The molecule has 4 amide bonds. The number of H-pyrrole nitrogens is 2. The maximum atomic E-state index is 14.1. The molecule has 0 aliphatic carbocycles. The number of carbonyl (C=O) groups is 4. The summed E-state index contributed by atoms with van der Waals surface area (Å²) in [6.45, 7) is 0.999. The number of alkyl carbamates (subject to hydrolysis) is 2. The Morgan fingerprint density at radius 2 is 1.30 bits per heavy atom. The highest BCUT2D eigenvalue weighted by molar-refractivity contribution is 5.88. The van der Waals surface area contributed by atoms with Crippen LogP contribution >= 0.6 is 0 Å². The number of likely N-dealkylation sites (tertiary alicyclic amines) is 1. The molecule has 5 N–H and O–H groups in total. The molecule has 64 heavy (non-hydrogen) atoms. The average Bonchev–Trinajstić information content (AvgIpc) is 4.04. The van der Waals surface area contributed by atoms with E-state index in [-0.39, 0.29) is 17.9 Å². The molecule has 1 saturated heterocycles. The summed E-state index contributed by atoms with van der Waals surface area (Å²) in [6, 6.07) is 27.6. The number of unbranched alkanes of at least 4 members (excludes halogenated alkanes) is 2. The molecule has 0 spiro atoms. The fourth-order valence-corrected chi connectivity index (χ4v) is 7.99. The summed E-state index contributed by atoms with van der Waals surface area (Å²) in [6.07, 6.45) is 7.95. The normalized spacial score (nSPS) is 15.0. The maximum absolute atomic E-state index is 14.1. The van der Waals surface area contributed by atoms with E-state index in [1.165, 1.54) is 14.2 Å². The molecule has 2 aliphatic heterocycles. The Morgan fingerprint density at radius 3 is 1.94 bits per heavy atom. The van der Waals surface area contributed by atoms with E-state index in [2.05, 4.69) is 30.9 Å². The van der Waals surface area contributed by atoms with Gasteiger partial charge in [-0.3, -0.25) is 9.59 Å². The van der Waals surface area contributed by atoms with Crippen molar-refractivity contribution in [3.05, 3.63) is 132 Å². The second-order valence-electron chi connectivity index (χ2n) is 15.6. The first-order chi connectivity index (χ1) is 31.3. The highest BCUT2D eigenvalue weighted by Gasteiger charge is 2.36. The number of hydrogen-bond donors (Lipinski definition) is 5. The summed E-state index contributed by atoms with van der Waals surface area (Å²) in [7, 11) is 2.54. The number of imidazole rings is 2. The number of piperidine rings is 1. The number of hydrogen-bond acceptors (Lipinski definition) is 10. The quantitative estimate of drug-likeness (QED) is 0.0623. The Morgan fingerprint density at radius 1 is 0.703 bits per heavy atom. The van der Waals surface area contributed by atoms with E-state index in [0.29, 0.717) is 53.0 Å². The summed E-state index contributed by atoms with van der Waals surface area (Å²) >= 11 is 0. The predicted molar refractivity (Wildman–Crippen MR) is 237 cm³/mol. The number of nitrogens with one attached hydrogen (secondary N) is 5. The van der Waals surface area contributed by atoms with Gasteiger partial charge in [-0.2, -0.15) is 0 Å². The third kappa shape index (κ3) is 10.0. The smallest absolute Gasteiger partial charge is 0.407 e. The van der Waals surface area contributed by atoms with Crippen molar-refractivity contribution in [2.24, 2.45) is 0 Å². The molecular weight excluding hydrogens is 817 g/mol. The van der Waals surface area contributed by atoms with E-state index < -0.39 is 24.3 Å². The third-order valence-corrected chi connectivity index (χ3v) is 11.3. The van der Waals surface area contributed by atoms with E-state index in [9.17, 15) is 19.2 Å². The lowest BCUT2D eigenvalue weighted by molar-refractivity contribution is -0.137. The molecule has 0 saturated carbocycles. The molecule has 4 aromatic carbocycles. The molecule has 330 valence electrons. The van der Waals surface area contributed by atoms with E-state index in [1.807, 2.05) is 84.9 Å². The largest absolute Gasteiger partial charge is 0.453 e. The van der Waals surface area contributed by atoms with E-state index in [1.54, 1.807) is 29.4 Å². The van der Waals surface area contributed by atoms with E-state index >= 15 is 0 Å². The van der Waals surface area contributed by atoms with Crippen LogP contribution in [-0.2, 0) is 25.5 Å². The molecule has 4 heterocycles. The van der Waals surface area contributed by atoms with Gasteiger partial charge in [0.1, 0.15) is 23.7 Å². The number of benzene rings is 4. The standard InChI is InChI=1S/C48H50N8O8/c1-61-47(59)54-42(30-14-6-3-7-15-30)45(57)49-24-12-5-10-19-41-50-28-34(52-41)32-20-22-37-39(26-32)63-38-23-21-33(27-40(38)64-37)35-29-51-44(53-35)36-18-11-13-25-56(36)46(58)43(55-48(60)62-2)31-16-8-4-9-17-31/h3-4,6-9,14-17,20-23,26-29,36,42-43H,5,10-13,18-19,24-25H2,1-2H3,(H,49,57)(H,50,52)(H,51,53)(H,54,59)(H,55,60). The highest BCUT2D eigenvalue weighted by atomic mass is 16.6. The van der Waals surface area contributed by atoms with Crippen molar-refractivity contribution in [2.45, 2.75) is 63.1 Å². The first-order valence-electron chi connectivity index (χ1n) is 21.4.